The number of aromatic nitrogens is 3. The van der Waals surface area contributed by atoms with Crippen molar-refractivity contribution in [2.45, 2.75) is 0 Å². The fourth-order valence-corrected chi connectivity index (χ4v) is 7.73. The van der Waals surface area contributed by atoms with Gasteiger partial charge in [0, 0.05) is 36.9 Å². The summed E-state index contributed by atoms with van der Waals surface area (Å²) in [6, 6.07) is 61.5. The van der Waals surface area contributed by atoms with E-state index in [0.717, 1.165) is 33.4 Å². The lowest BCUT2D eigenvalue weighted by molar-refractivity contribution is 1.07. The molecule has 0 radical (unpaired) electrons. The molecule has 0 aliphatic heterocycles. The molecule has 0 bridgehead atoms. The van der Waals surface area contributed by atoms with Crippen LogP contribution in [0.15, 0.2) is 176 Å². The molecule has 0 saturated carbocycles. The van der Waals surface area contributed by atoms with Gasteiger partial charge in [0.2, 0.25) is 0 Å². The Morgan fingerprint density at radius 2 is 0.776 bits per heavy atom. The summed E-state index contributed by atoms with van der Waals surface area (Å²) in [6.07, 6.45) is 0. The van der Waals surface area contributed by atoms with Crippen LogP contribution in [0.3, 0.4) is 0 Å². The minimum atomic E-state index is 0.646. The fourth-order valence-electron chi connectivity index (χ4n) is 6.46. The third kappa shape index (κ3) is 5.58. The number of thiophene rings is 1. The summed E-state index contributed by atoms with van der Waals surface area (Å²) in [4.78, 5) is 15.3. The molecule has 4 heteroatoms. The van der Waals surface area contributed by atoms with E-state index in [9.17, 15) is 0 Å². The van der Waals surface area contributed by atoms with Gasteiger partial charge in [-0.15, -0.1) is 11.3 Å². The minimum absolute atomic E-state index is 0.646. The maximum atomic E-state index is 5.11. The number of hydrogen-bond donors (Lipinski definition) is 0. The number of rotatable bonds is 6. The Morgan fingerprint density at radius 1 is 0.306 bits per heavy atom. The molecule has 49 heavy (non-hydrogen) atoms. The molecular weight excluding hydrogens is 615 g/mol. The summed E-state index contributed by atoms with van der Waals surface area (Å²) in [5.41, 5.74) is 9.93. The Morgan fingerprint density at radius 3 is 1.45 bits per heavy atom. The van der Waals surface area contributed by atoms with Gasteiger partial charge in [0.05, 0.1) is 0 Å². The zero-order chi connectivity index (χ0) is 32.6. The van der Waals surface area contributed by atoms with Gasteiger partial charge in [0.1, 0.15) is 0 Å². The number of nitrogens with zero attached hydrogens (tertiary/aromatic N) is 3. The monoisotopic (exact) mass is 643 g/mol. The van der Waals surface area contributed by atoms with Gasteiger partial charge in [-0.3, -0.25) is 0 Å². The highest BCUT2D eigenvalue weighted by molar-refractivity contribution is 7.26. The van der Waals surface area contributed by atoms with Crippen LogP contribution >= 0.6 is 11.3 Å². The third-order valence-corrected chi connectivity index (χ3v) is 10.2. The van der Waals surface area contributed by atoms with Crippen molar-refractivity contribution in [3.05, 3.63) is 176 Å². The van der Waals surface area contributed by atoms with Crippen molar-refractivity contribution >= 4 is 31.5 Å². The van der Waals surface area contributed by atoms with Crippen LogP contribution in [0.2, 0.25) is 0 Å². The first kappa shape index (κ1) is 29.0. The van der Waals surface area contributed by atoms with Crippen LogP contribution in [0, 0.1) is 0 Å². The maximum absolute atomic E-state index is 5.11. The molecule has 9 aromatic rings. The summed E-state index contributed by atoms with van der Waals surface area (Å²) in [5, 5.41) is 2.50. The molecule has 9 rings (SSSR count). The van der Waals surface area contributed by atoms with Gasteiger partial charge in [0.25, 0.3) is 0 Å². The highest BCUT2D eigenvalue weighted by Gasteiger charge is 2.16. The molecule has 0 amide bonds. The van der Waals surface area contributed by atoms with Gasteiger partial charge < -0.3 is 0 Å². The average Bonchev–Trinajstić information content (AvgIpc) is 3.57. The van der Waals surface area contributed by atoms with E-state index in [1.54, 1.807) is 0 Å². The SMILES string of the molecule is c1ccc(-c2ccc(-c3nc(-c4cccc(-c5ccccc5)c4)nc(-c4ccc5c(c4)sc4c(-c6ccccc6)cccc45)n3)cc2)cc1. The maximum Gasteiger partial charge on any atom is 0.164 e. The third-order valence-electron chi connectivity index (χ3n) is 8.96. The summed E-state index contributed by atoms with van der Waals surface area (Å²) in [7, 11) is 0. The molecule has 2 heterocycles. The molecule has 3 nitrogen and oxygen atoms in total. The van der Waals surface area contributed by atoms with Crippen LogP contribution in [0.4, 0.5) is 0 Å². The first-order valence-corrected chi connectivity index (χ1v) is 17.2. The zero-order valence-corrected chi connectivity index (χ0v) is 27.3. The molecular formula is C45H29N3S. The van der Waals surface area contributed by atoms with Crippen molar-refractivity contribution in [1.82, 2.24) is 15.0 Å². The Bertz CT molecular complexity index is 2580. The van der Waals surface area contributed by atoms with Gasteiger partial charge in [-0.05, 0) is 45.5 Å². The summed E-state index contributed by atoms with van der Waals surface area (Å²) in [6.45, 7) is 0. The molecule has 0 aliphatic carbocycles. The van der Waals surface area contributed by atoms with E-state index in [1.165, 1.54) is 36.9 Å². The van der Waals surface area contributed by atoms with Crippen molar-refractivity contribution in [3.63, 3.8) is 0 Å². The standard InChI is InChI=1S/C45H29N3S/c1-4-12-30(13-5-1)32-22-24-34(25-23-32)43-46-44(36-19-10-18-35(28-36)31-14-6-2-7-15-31)48-45(47-43)37-26-27-39-40-21-11-20-38(33-16-8-3-9-17-33)42(40)49-41(39)29-37/h1-29H. The lowest BCUT2D eigenvalue weighted by Gasteiger charge is -2.10. The second kappa shape index (κ2) is 12.4. The molecule has 0 saturated heterocycles. The minimum Gasteiger partial charge on any atom is -0.208 e. The summed E-state index contributed by atoms with van der Waals surface area (Å²) in [5.74, 6) is 1.94. The Labute approximate surface area is 288 Å². The topological polar surface area (TPSA) is 38.7 Å². The molecule has 0 unspecified atom stereocenters. The average molecular weight is 644 g/mol. The molecule has 2 aromatic heterocycles. The Kier molecular flexibility index (Phi) is 7.34. The van der Waals surface area contributed by atoms with Crippen molar-refractivity contribution in [2.24, 2.45) is 0 Å². The molecule has 0 N–H and O–H groups in total. The zero-order valence-electron chi connectivity index (χ0n) is 26.5. The van der Waals surface area contributed by atoms with Gasteiger partial charge in [-0.25, -0.2) is 15.0 Å². The highest BCUT2D eigenvalue weighted by atomic mass is 32.1. The summed E-state index contributed by atoms with van der Waals surface area (Å²) < 4.78 is 2.49. The second-order valence-electron chi connectivity index (χ2n) is 12.1. The molecule has 0 fully saturated rings. The molecule has 0 atom stereocenters. The lowest BCUT2D eigenvalue weighted by Crippen LogP contribution is -2.00. The van der Waals surface area contributed by atoms with Crippen LogP contribution < -0.4 is 0 Å². The molecule has 0 spiro atoms. The largest absolute Gasteiger partial charge is 0.208 e. The van der Waals surface area contributed by atoms with Gasteiger partial charge >= 0.3 is 0 Å². The number of hydrogen-bond acceptors (Lipinski definition) is 4. The number of fused-ring (bicyclic) bond motifs is 3. The Hall–Kier alpha value is -6.23. The van der Waals surface area contributed by atoms with Crippen molar-refractivity contribution in [2.75, 3.05) is 0 Å². The first-order chi connectivity index (χ1) is 24.3. The van der Waals surface area contributed by atoms with E-state index in [2.05, 4.69) is 164 Å². The fraction of sp³-hybridized carbons (Fsp3) is 0. The van der Waals surface area contributed by atoms with Crippen LogP contribution in [0.5, 0.6) is 0 Å². The molecule has 0 aliphatic rings. The lowest BCUT2D eigenvalue weighted by atomic mass is 10.0. The Balaban J connectivity index is 1.18. The smallest absolute Gasteiger partial charge is 0.164 e. The van der Waals surface area contributed by atoms with Crippen molar-refractivity contribution in [3.8, 4) is 67.5 Å². The number of benzene rings is 7. The van der Waals surface area contributed by atoms with E-state index in [4.69, 9.17) is 15.0 Å². The normalized spacial score (nSPS) is 11.3. The van der Waals surface area contributed by atoms with E-state index in [0.29, 0.717) is 17.5 Å². The quantitative estimate of drug-likeness (QED) is 0.181. The summed E-state index contributed by atoms with van der Waals surface area (Å²) >= 11 is 1.82. The highest BCUT2D eigenvalue weighted by Crippen LogP contribution is 2.41. The van der Waals surface area contributed by atoms with E-state index >= 15 is 0 Å². The van der Waals surface area contributed by atoms with Crippen molar-refractivity contribution < 1.29 is 0 Å². The molecule has 230 valence electrons. The van der Waals surface area contributed by atoms with Crippen LogP contribution in [0.1, 0.15) is 0 Å². The van der Waals surface area contributed by atoms with Gasteiger partial charge in [0.15, 0.2) is 17.5 Å². The first-order valence-electron chi connectivity index (χ1n) is 16.4. The molecule has 7 aromatic carbocycles. The van der Waals surface area contributed by atoms with Crippen molar-refractivity contribution in [1.29, 1.82) is 0 Å². The van der Waals surface area contributed by atoms with Crippen LogP contribution in [0.25, 0.3) is 87.7 Å². The van der Waals surface area contributed by atoms with Crippen LogP contribution in [-0.4, -0.2) is 15.0 Å². The van der Waals surface area contributed by atoms with Gasteiger partial charge in [-0.2, -0.15) is 0 Å². The van der Waals surface area contributed by atoms with Crippen LogP contribution in [-0.2, 0) is 0 Å². The van der Waals surface area contributed by atoms with E-state index in [1.807, 2.05) is 23.5 Å². The predicted octanol–water partition coefficient (Wildman–Crippen LogP) is 12.2. The predicted molar refractivity (Wildman–Crippen MR) is 205 cm³/mol. The van der Waals surface area contributed by atoms with E-state index in [-0.39, 0.29) is 0 Å². The second-order valence-corrected chi connectivity index (χ2v) is 13.1. The van der Waals surface area contributed by atoms with Gasteiger partial charge in [-0.1, -0.05) is 164 Å². The van der Waals surface area contributed by atoms with E-state index < -0.39 is 0 Å².